The summed E-state index contributed by atoms with van der Waals surface area (Å²) in [4.78, 5) is 29.8. The molecule has 4 rings (SSSR count). The molecular formula is C22H27N3O4S. The Kier molecular flexibility index (Phi) is 6.76. The summed E-state index contributed by atoms with van der Waals surface area (Å²) in [6.07, 6.45) is 0. The van der Waals surface area contributed by atoms with Crippen molar-refractivity contribution in [3.05, 3.63) is 59.5 Å². The highest BCUT2D eigenvalue weighted by molar-refractivity contribution is 7.99. The molecule has 2 aromatic rings. The zero-order chi connectivity index (χ0) is 20.9. The highest BCUT2D eigenvalue weighted by atomic mass is 32.2. The minimum absolute atomic E-state index is 0.0566. The van der Waals surface area contributed by atoms with Gasteiger partial charge >= 0.3 is 0 Å². The van der Waals surface area contributed by atoms with Crippen LogP contribution in [0, 0.1) is 6.92 Å². The van der Waals surface area contributed by atoms with Crippen LogP contribution >= 0.6 is 11.8 Å². The van der Waals surface area contributed by atoms with Crippen LogP contribution in [0.2, 0.25) is 0 Å². The Balaban J connectivity index is 1.43. The summed E-state index contributed by atoms with van der Waals surface area (Å²) in [6, 6.07) is 12.5. The van der Waals surface area contributed by atoms with Gasteiger partial charge in [-0.1, -0.05) is 18.2 Å². The number of carbonyl (C=O) groups is 2. The minimum atomic E-state index is -0.466. The Hall–Kier alpha value is -2.29. The first-order valence-electron chi connectivity index (χ1n) is 10.2. The van der Waals surface area contributed by atoms with Gasteiger partial charge in [0.25, 0.3) is 5.91 Å². The number of aryl methyl sites for hydroxylation is 1. The van der Waals surface area contributed by atoms with E-state index in [0.717, 1.165) is 24.6 Å². The summed E-state index contributed by atoms with van der Waals surface area (Å²) in [6.45, 7) is 5.27. The monoisotopic (exact) mass is 429 g/mol. The number of rotatable bonds is 6. The maximum Gasteiger partial charge on any atom is 0.255 e. The van der Waals surface area contributed by atoms with E-state index in [-0.39, 0.29) is 17.9 Å². The van der Waals surface area contributed by atoms with Crippen LogP contribution in [0.1, 0.15) is 27.9 Å². The Morgan fingerprint density at radius 3 is 2.63 bits per heavy atom. The third kappa shape index (κ3) is 4.71. The second kappa shape index (κ2) is 9.68. The first kappa shape index (κ1) is 21.0. The lowest BCUT2D eigenvalue weighted by molar-refractivity contribution is -0.124. The van der Waals surface area contributed by atoms with Gasteiger partial charge in [-0.15, -0.1) is 11.8 Å². The van der Waals surface area contributed by atoms with Crippen molar-refractivity contribution in [2.24, 2.45) is 0 Å². The molecule has 1 aromatic heterocycles. The fourth-order valence-corrected chi connectivity index (χ4v) is 5.01. The molecular weight excluding hydrogens is 402 g/mol. The molecule has 7 nitrogen and oxygen atoms in total. The summed E-state index contributed by atoms with van der Waals surface area (Å²) in [5.41, 5.74) is 0.607. The molecule has 3 heterocycles. The molecule has 0 aliphatic carbocycles. The summed E-state index contributed by atoms with van der Waals surface area (Å²) in [7, 11) is 0. The molecule has 160 valence electrons. The average molecular weight is 430 g/mol. The topological polar surface area (TPSA) is 75.0 Å². The summed E-state index contributed by atoms with van der Waals surface area (Å²) < 4.78 is 11.3. The van der Waals surface area contributed by atoms with Crippen molar-refractivity contribution in [2.75, 3.05) is 44.5 Å². The maximum absolute atomic E-state index is 13.0. The van der Waals surface area contributed by atoms with E-state index in [1.54, 1.807) is 28.8 Å². The number of morpholine rings is 1. The largest absolute Gasteiger partial charge is 0.465 e. The number of hydrogen-bond acceptors (Lipinski definition) is 6. The van der Waals surface area contributed by atoms with Crippen LogP contribution in [-0.4, -0.2) is 72.1 Å². The molecule has 8 heteroatoms. The van der Waals surface area contributed by atoms with Crippen molar-refractivity contribution < 1.29 is 18.7 Å². The van der Waals surface area contributed by atoms with E-state index < -0.39 is 6.04 Å². The van der Waals surface area contributed by atoms with Gasteiger partial charge in [0.15, 0.2) is 0 Å². The van der Waals surface area contributed by atoms with Crippen LogP contribution in [0.4, 0.5) is 0 Å². The molecule has 1 aromatic carbocycles. The first-order chi connectivity index (χ1) is 14.6. The number of ether oxygens (including phenoxy) is 1. The fourth-order valence-electron chi connectivity index (χ4n) is 3.85. The Morgan fingerprint density at radius 2 is 1.93 bits per heavy atom. The van der Waals surface area contributed by atoms with Crippen LogP contribution in [0.3, 0.4) is 0 Å². The smallest absolute Gasteiger partial charge is 0.255 e. The zero-order valence-corrected chi connectivity index (χ0v) is 17.9. The number of benzene rings is 1. The van der Waals surface area contributed by atoms with Crippen molar-refractivity contribution >= 4 is 23.6 Å². The van der Waals surface area contributed by atoms with Gasteiger partial charge in [0.05, 0.1) is 25.1 Å². The molecule has 0 radical (unpaired) electrons. The number of hydrogen-bond donors (Lipinski definition) is 1. The van der Waals surface area contributed by atoms with Gasteiger partial charge in [0.2, 0.25) is 5.91 Å². The van der Waals surface area contributed by atoms with Crippen LogP contribution in [0.25, 0.3) is 0 Å². The molecule has 2 aliphatic rings. The Bertz CT molecular complexity index is 866. The molecule has 2 fully saturated rings. The van der Waals surface area contributed by atoms with E-state index in [0.29, 0.717) is 37.0 Å². The number of nitrogens with zero attached hydrogens (tertiary/aromatic N) is 2. The third-order valence-corrected chi connectivity index (χ3v) is 6.52. The van der Waals surface area contributed by atoms with Crippen molar-refractivity contribution in [2.45, 2.75) is 19.0 Å². The molecule has 1 unspecified atom stereocenters. The van der Waals surface area contributed by atoms with Gasteiger partial charge in [-0.25, -0.2) is 0 Å². The molecule has 2 amide bonds. The van der Waals surface area contributed by atoms with Crippen LogP contribution < -0.4 is 5.32 Å². The van der Waals surface area contributed by atoms with E-state index in [4.69, 9.17) is 9.15 Å². The molecule has 0 bridgehead atoms. The number of furan rings is 1. The van der Waals surface area contributed by atoms with Crippen molar-refractivity contribution in [1.82, 2.24) is 15.1 Å². The standard InChI is InChI=1S/C22H27N3O4S/c1-16-7-8-20(29-16)18(24-9-11-28-12-10-24)13-23-21(26)19-14-30-15-25(19)22(27)17-5-3-2-4-6-17/h2-8,18-19H,9-15H2,1H3,(H,23,26)/t18?,19-/m0/s1. The van der Waals surface area contributed by atoms with Gasteiger partial charge in [-0.2, -0.15) is 0 Å². The molecule has 2 aliphatic heterocycles. The number of carbonyl (C=O) groups excluding carboxylic acids is 2. The molecule has 2 atom stereocenters. The van der Waals surface area contributed by atoms with Crippen LogP contribution in [0.5, 0.6) is 0 Å². The fraction of sp³-hybridized carbons (Fsp3) is 0.455. The first-order valence-corrected chi connectivity index (χ1v) is 11.4. The summed E-state index contributed by atoms with van der Waals surface area (Å²) >= 11 is 1.60. The van der Waals surface area contributed by atoms with Crippen molar-refractivity contribution in [3.63, 3.8) is 0 Å². The lowest BCUT2D eigenvalue weighted by Crippen LogP contribution is -2.50. The number of amides is 2. The predicted octanol–water partition coefficient (Wildman–Crippen LogP) is 2.29. The van der Waals surface area contributed by atoms with Crippen LogP contribution in [0.15, 0.2) is 46.9 Å². The second-order valence-corrected chi connectivity index (χ2v) is 8.51. The molecule has 30 heavy (non-hydrogen) atoms. The molecule has 1 N–H and O–H groups in total. The third-order valence-electron chi connectivity index (χ3n) is 5.51. The predicted molar refractivity (Wildman–Crippen MR) is 115 cm³/mol. The normalized spacial score (nSPS) is 20.8. The average Bonchev–Trinajstić information content (AvgIpc) is 3.44. The SMILES string of the molecule is Cc1ccc(C(CNC(=O)[C@@H]2CSCN2C(=O)c2ccccc2)N2CCOCC2)o1. The van der Waals surface area contributed by atoms with E-state index in [1.165, 1.54) is 0 Å². The lowest BCUT2D eigenvalue weighted by atomic mass is 10.1. The molecule has 0 spiro atoms. The minimum Gasteiger partial charge on any atom is -0.465 e. The number of thioether (sulfide) groups is 1. The highest BCUT2D eigenvalue weighted by Crippen LogP contribution is 2.25. The molecule has 0 saturated carbocycles. The quantitative estimate of drug-likeness (QED) is 0.760. The van der Waals surface area contributed by atoms with Gasteiger partial charge in [0.1, 0.15) is 17.6 Å². The van der Waals surface area contributed by atoms with Gasteiger partial charge in [0, 0.05) is 31.0 Å². The lowest BCUT2D eigenvalue weighted by Gasteiger charge is -2.34. The van der Waals surface area contributed by atoms with Gasteiger partial charge < -0.3 is 19.4 Å². The molecule has 2 saturated heterocycles. The van der Waals surface area contributed by atoms with E-state index in [9.17, 15) is 9.59 Å². The van der Waals surface area contributed by atoms with Crippen molar-refractivity contribution in [1.29, 1.82) is 0 Å². The Labute approximate surface area is 180 Å². The van der Waals surface area contributed by atoms with E-state index in [1.807, 2.05) is 37.3 Å². The number of nitrogens with one attached hydrogen (secondary N) is 1. The second-order valence-electron chi connectivity index (χ2n) is 7.51. The van der Waals surface area contributed by atoms with Crippen molar-refractivity contribution in [3.8, 4) is 0 Å². The summed E-state index contributed by atoms with van der Waals surface area (Å²) in [5, 5.41) is 3.08. The van der Waals surface area contributed by atoms with Gasteiger partial charge in [-0.3, -0.25) is 14.5 Å². The Morgan fingerprint density at radius 1 is 1.17 bits per heavy atom. The van der Waals surface area contributed by atoms with E-state index >= 15 is 0 Å². The summed E-state index contributed by atoms with van der Waals surface area (Å²) in [5.74, 6) is 2.59. The maximum atomic E-state index is 13.0. The van der Waals surface area contributed by atoms with Gasteiger partial charge in [-0.05, 0) is 31.2 Å². The zero-order valence-electron chi connectivity index (χ0n) is 17.1. The highest BCUT2D eigenvalue weighted by Gasteiger charge is 2.36. The van der Waals surface area contributed by atoms with Crippen LogP contribution in [-0.2, 0) is 9.53 Å². The van der Waals surface area contributed by atoms with E-state index in [2.05, 4.69) is 10.2 Å².